The molecule has 1 aromatic heterocycles. The first kappa shape index (κ1) is 65.7. The topological polar surface area (TPSA) is 431 Å². The molecule has 1 aromatic carbocycles. The van der Waals surface area contributed by atoms with Crippen LogP contribution in [0.1, 0.15) is 84.1 Å². The monoisotopic (exact) mass is 1200 g/mol. The van der Waals surface area contributed by atoms with Crippen LogP contribution in [-0.4, -0.2) is 217 Å². The normalized spacial score (nSPS) is 25.7. The Kier molecular flexibility index (Phi) is 23.0. The molecule has 10 amide bonds. The van der Waals surface area contributed by atoms with Gasteiger partial charge >= 0.3 is 0 Å². The van der Waals surface area contributed by atoms with Gasteiger partial charge in [-0.3, -0.25) is 62.4 Å². The van der Waals surface area contributed by atoms with Gasteiger partial charge in [0.1, 0.15) is 35.3 Å². The highest BCUT2D eigenvalue weighted by atomic mass is 32.2. The summed E-state index contributed by atoms with van der Waals surface area (Å²) in [5.41, 5.74) is 6.69. The molecule has 0 unspecified atom stereocenters. The average Bonchev–Trinajstić information content (AvgIpc) is 2.08. The maximum absolute atomic E-state index is 15.0. The van der Waals surface area contributed by atoms with E-state index >= 15 is 0 Å². The fourth-order valence-corrected chi connectivity index (χ4v) is 12.5. The number of aromatic nitrogens is 1. The molecule has 7 rings (SSSR count). The van der Waals surface area contributed by atoms with Crippen molar-refractivity contribution in [1.82, 2.24) is 46.3 Å². The number of aliphatic hydroxyl groups is 3. The summed E-state index contributed by atoms with van der Waals surface area (Å²) < 4.78 is 0. The second kappa shape index (κ2) is 29.4. The Hall–Kier alpha value is -7.47. The molecule has 460 valence electrons. The number of carbonyl (C=O) groups excluding carboxylic acids is 12. The number of nitrogens with two attached hydrogens (primary N) is 1. The first-order chi connectivity index (χ1) is 39.5. The minimum atomic E-state index is -1.66. The van der Waals surface area contributed by atoms with E-state index in [1.165, 1.54) is 25.1 Å². The third-order valence-corrected chi connectivity index (χ3v) is 17.5. The van der Waals surface area contributed by atoms with Crippen LogP contribution >= 0.6 is 0 Å². The Morgan fingerprint density at radius 3 is 2.13 bits per heavy atom. The largest absolute Gasteiger partial charge is 0.870 e. The van der Waals surface area contributed by atoms with Gasteiger partial charge in [-0.1, -0.05) is 33.6 Å². The smallest absolute Gasteiger partial charge is 0.253 e. The lowest BCUT2D eigenvalue weighted by Gasteiger charge is -2.36. The van der Waals surface area contributed by atoms with Gasteiger partial charge in [0.15, 0.2) is 11.6 Å². The number of phenols is 1. The van der Waals surface area contributed by atoms with Crippen molar-refractivity contribution in [3.05, 3.63) is 29.8 Å². The van der Waals surface area contributed by atoms with Gasteiger partial charge in [0, 0.05) is 118 Å². The standard InChI is InChI=1S/C55H75N11O16S.H2O/c1-4-28(2)47-53(81)58-23-42(74)59-35-27-83-54-34(33-9-10-37(69)50(49(33)62-54)64-16-14-63(15-17-64)44(76)8-6-5-7-13-65-45(77)11-12-46(65)78)18-30(51(79)57-24-43(75)60-47)19-39(71)48(29(3)40(72)26-67)61-52(80)36-22-32(68)25-66(36)55(82)31(20-38(35)70)21-41(56)73;/h9-12,28-32,35-36,40,47-48,62,67-69,72H,4-8,13-27H2,1-3H3,(H2,56,73)(H,57,79)(H,58,81)(H,59,74)(H,60,75)(H,61,80);1H2/t28-,29-,30-,31-,32+,35-,36-,40-,47-,48-;/m0./s1. The number of nitrogens with one attached hydrogen (secondary N) is 6. The van der Waals surface area contributed by atoms with E-state index in [1.54, 1.807) is 24.8 Å². The van der Waals surface area contributed by atoms with Gasteiger partial charge in [-0.15, -0.1) is 0 Å². The van der Waals surface area contributed by atoms with Crippen molar-refractivity contribution in [3.63, 3.8) is 0 Å². The Labute approximate surface area is 488 Å². The number of Topliss-reactive ketones (excluding diaryl/α,β-unsaturated/α-hetero) is 2. The number of amides is 10. The summed E-state index contributed by atoms with van der Waals surface area (Å²) in [4.78, 5) is 174. The minimum Gasteiger partial charge on any atom is -0.870 e. The zero-order valence-electron chi connectivity index (χ0n) is 47.2. The van der Waals surface area contributed by atoms with Crippen LogP contribution in [0.3, 0.4) is 0 Å². The van der Waals surface area contributed by atoms with Crippen LogP contribution in [-0.2, 0) is 75.7 Å². The zero-order chi connectivity index (χ0) is 60.4. The number of carbonyl (C=O) groups is 12. The van der Waals surface area contributed by atoms with Crippen molar-refractivity contribution in [2.24, 2.45) is 29.4 Å². The van der Waals surface area contributed by atoms with Crippen molar-refractivity contribution >= 4 is 99.0 Å². The number of phenolic OH excluding ortho intramolecular Hbond substituents is 1. The molecule has 2 fully saturated rings. The molecule has 6 heterocycles. The molecule has 0 saturated carbocycles. The molecule has 29 heteroatoms. The van der Waals surface area contributed by atoms with Crippen LogP contribution in [0.5, 0.6) is 5.75 Å². The number of ketones is 2. The Morgan fingerprint density at radius 1 is 0.810 bits per heavy atom. The number of nitrogens with zero attached hydrogens (tertiary/aromatic N) is 4. The second-order valence-corrected chi connectivity index (χ2v) is 23.2. The van der Waals surface area contributed by atoms with Gasteiger partial charge in [0.2, 0.25) is 52.3 Å². The number of aromatic amines is 1. The number of hydrogen-bond acceptors (Lipinski definition) is 18. The molecule has 0 aliphatic carbocycles. The molecule has 2 bridgehead atoms. The van der Waals surface area contributed by atoms with Crippen molar-refractivity contribution in [3.8, 4) is 5.75 Å². The van der Waals surface area contributed by atoms with Gasteiger partial charge in [0.25, 0.3) is 11.8 Å². The van der Waals surface area contributed by atoms with E-state index < -0.39 is 158 Å². The number of unbranched alkanes of at least 4 members (excludes halogenated alkanes) is 2. The predicted molar refractivity (Wildman–Crippen MR) is 300 cm³/mol. The lowest BCUT2D eigenvalue weighted by Crippen LogP contribution is -2.56. The maximum atomic E-state index is 15.0. The van der Waals surface area contributed by atoms with Crippen molar-refractivity contribution in [2.75, 3.05) is 69.6 Å². The van der Waals surface area contributed by atoms with Crippen LogP contribution in [0, 0.1) is 23.7 Å². The molecule has 28 nitrogen and oxygen atoms in total. The highest BCUT2D eigenvalue weighted by molar-refractivity contribution is 7.78. The molecule has 84 heavy (non-hydrogen) atoms. The van der Waals surface area contributed by atoms with Gasteiger partial charge in [-0.05, 0) is 37.3 Å². The van der Waals surface area contributed by atoms with Gasteiger partial charge in [-0.25, -0.2) is 0 Å². The van der Waals surface area contributed by atoms with E-state index in [9.17, 15) is 78.0 Å². The quantitative estimate of drug-likeness (QED) is 0.0375. The average molecular weight is 1200 g/mol. The summed E-state index contributed by atoms with van der Waals surface area (Å²) in [5, 5.41) is 57.4. The molecule has 5 aliphatic heterocycles. The minimum absolute atomic E-state index is 0. The van der Waals surface area contributed by atoms with Crippen molar-refractivity contribution in [2.45, 2.75) is 126 Å². The van der Waals surface area contributed by atoms with Crippen LogP contribution in [0.15, 0.2) is 29.3 Å². The van der Waals surface area contributed by atoms with Crippen molar-refractivity contribution in [1.29, 1.82) is 0 Å². The summed E-state index contributed by atoms with van der Waals surface area (Å²) >= 11 is 0.257. The highest BCUT2D eigenvalue weighted by Crippen LogP contribution is 2.40. The number of imide groups is 1. The Balaban J connectivity index is 0.0000113. The molecule has 0 radical (unpaired) electrons. The van der Waals surface area contributed by atoms with E-state index in [-0.39, 0.29) is 98.4 Å². The maximum Gasteiger partial charge on any atom is 0.253 e. The third kappa shape index (κ3) is 15.8. The number of anilines is 1. The molecule has 2 aromatic rings. The van der Waals surface area contributed by atoms with E-state index in [2.05, 4.69) is 31.6 Å². The van der Waals surface area contributed by atoms with Crippen LogP contribution in [0.2, 0.25) is 0 Å². The van der Waals surface area contributed by atoms with Crippen LogP contribution in [0.25, 0.3) is 10.9 Å². The number of primary amides is 1. The zero-order valence-corrected chi connectivity index (χ0v) is 48.1. The SMILES string of the molecule is CC[C@H](C)[C@@H]1NC(=O)CNC(=O)[C@@H]2CC(=O)[C@H]([C@@H](C)[C@@H](O)CO)NC(=O)[C@@H]3C[C@@H](O)CN3C(=O)[C@H](CC(N)=O)CC(=O)[C@H](C[SH+]c3[nH]c4c(N5CCN(C(=O)CCCCCN6C(=O)C=CC6=O)CC5)c(O)ccc4c3C2)NC(=O)CNC1=O.[OH-]. The highest BCUT2D eigenvalue weighted by Gasteiger charge is 2.45. The fraction of sp³-hybridized carbons (Fsp3) is 0.600. The van der Waals surface area contributed by atoms with E-state index in [1.807, 2.05) is 4.90 Å². The Bertz CT molecular complexity index is 2870. The van der Waals surface area contributed by atoms with Crippen LogP contribution < -0.4 is 37.2 Å². The van der Waals surface area contributed by atoms with E-state index in [0.29, 0.717) is 52.9 Å². The third-order valence-electron chi connectivity index (χ3n) is 16.3. The molecule has 10 atom stereocenters. The molecule has 13 N–H and O–H groups in total. The number of H-pyrrole nitrogens is 1. The van der Waals surface area contributed by atoms with Gasteiger partial charge < -0.3 is 77.9 Å². The number of hydrogen-bond donors (Lipinski definition) is 11. The number of benzene rings is 1. The summed E-state index contributed by atoms with van der Waals surface area (Å²) in [6.07, 6.45) is -0.988. The first-order valence-electron chi connectivity index (χ1n) is 28.2. The number of rotatable bonds is 14. The number of piperazine rings is 1. The van der Waals surface area contributed by atoms with Gasteiger partial charge in [0.05, 0.1) is 49.4 Å². The van der Waals surface area contributed by atoms with Crippen LogP contribution in [0.4, 0.5) is 5.69 Å². The molecular formula is C55H77N11O17S. The van der Waals surface area contributed by atoms with Crippen molar-refractivity contribution < 1.29 is 83.4 Å². The molecule has 2 saturated heterocycles. The Morgan fingerprint density at radius 2 is 1.48 bits per heavy atom. The summed E-state index contributed by atoms with van der Waals surface area (Å²) in [7, 11) is 0. The number of aliphatic hydroxyl groups excluding tert-OH is 3. The second-order valence-electron chi connectivity index (χ2n) is 22.1. The summed E-state index contributed by atoms with van der Waals surface area (Å²) in [6.45, 7) is 3.40. The lowest BCUT2D eigenvalue weighted by atomic mass is 9.85. The molecule has 5 aliphatic rings. The summed E-state index contributed by atoms with van der Waals surface area (Å²) in [5.74, 6) is -13.7. The van der Waals surface area contributed by atoms with Gasteiger partial charge in [-0.2, -0.15) is 0 Å². The number of aromatic hydroxyl groups is 1. The molecule has 0 spiro atoms. The van der Waals surface area contributed by atoms with E-state index in [4.69, 9.17) is 5.73 Å². The number of thiol groups is 1. The lowest BCUT2D eigenvalue weighted by molar-refractivity contribution is -0.145. The first-order valence-corrected chi connectivity index (χ1v) is 29.2. The number of fused-ring (bicyclic) bond motifs is 5. The fourth-order valence-electron chi connectivity index (χ4n) is 11.3. The summed E-state index contributed by atoms with van der Waals surface area (Å²) in [6, 6.07) is -2.82. The van der Waals surface area contributed by atoms with E-state index in [0.717, 1.165) is 9.80 Å². The molecular weight excluding hydrogens is 1120 g/mol. The predicted octanol–water partition coefficient (Wildman–Crippen LogP) is -3.72.